The van der Waals surface area contributed by atoms with Gasteiger partial charge in [0.15, 0.2) is 0 Å². The van der Waals surface area contributed by atoms with Crippen molar-refractivity contribution in [1.29, 1.82) is 0 Å². The van der Waals surface area contributed by atoms with Gasteiger partial charge in [0.25, 0.3) is 0 Å². The van der Waals surface area contributed by atoms with Gasteiger partial charge in [0.05, 0.1) is 0 Å². The van der Waals surface area contributed by atoms with E-state index in [0.29, 0.717) is 5.92 Å². The summed E-state index contributed by atoms with van der Waals surface area (Å²) in [6.45, 7) is 10.8. The summed E-state index contributed by atoms with van der Waals surface area (Å²) < 4.78 is 0. The molecule has 2 atom stereocenters. The van der Waals surface area contributed by atoms with Crippen molar-refractivity contribution in [2.24, 2.45) is 11.8 Å². The highest BCUT2D eigenvalue weighted by Gasteiger charge is 2.01. The third-order valence-corrected chi connectivity index (χ3v) is 2.44. The minimum absolute atomic E-state index is 0.642. The predicted octanol–water partition coefficient (Wildman–Crippen LogP) is 4.45. The quantitative estimate of drug-likeness (QED) is 0.528. The molecule has 0 heterocycles. The zero-order valence-corrected chi connectivity index (χ0v) is 9.10. The van der Waals surface area contributed by atoms with Crippen molar-refractivity contribution in [3.05, 3.63) is 6.92 Å². The average Bonchev–Trinajstić information content (AvgIpc) is 2.00. The van der Waals surface area contributed by atoms with Crippen molar-refractivity contribution >= 4 is 0 Å². The molecule has 0 fully saturated rings. The van der Waals surface area contributed by atoms with Crippen LogP contribution in [0.4, 0.5) is 0 Å². The second-order valence-electron chi connectivity index (χ2n) is 4.28. The number of hydrogen-bond donors (Lipinski definition) is 0. The topological polar surface area (TPSA) is 0 Å². The molecule has 0 bridgehead atoms. The molecule has 73 valence electrons. The van der Waals surface area contributed by atoms with Crippen molar-refractivity contribution in [3.8, 4) is 0 Å². The summed E-state index contributed by atoms with van der Waals surface area (Å²) >= 11 is 0. The van der Waals surface area contributed by atoms with Crippen LogP contribution in [0.25, 0.3) is 0 Å². The van der Waals surface area contributed by atoms with E-state index < -0.39 is 0 Å². The van der Waals surface area contributed by atoms with Crippen LogP contribution in [-0.4, -0.2) is 0 Å². The minimum Gasteiger partial charge on any atom is -0.0654 e. The molecule has 2 unspecified atom stereocenters. The average molecular weight is 169 g/mol. The van der Waals surface area contributed by atoms with E-state index in [2.05, 4.69) is 27.7 Å². The Hall–Kier alpha value is 0. The molecule has 0 aliphatic heterocycles. The molecule has 0 aliphatic rings. The maximum atomic E-state index is 4.00. The largest absolute Gasteiger partial charge is 0.0654 e. The van der Waals surface area contributed by atoms with E-state index in [1.54, 1.807) is 0 Å². The molecule has 0 nitrogen and oxygen atoms in total. The van der Waals surface area contributed by atoms with Crippen LogP contribution in [0.1, 0.15) is 59.3 Å². The molecule has 0 rings (SSSR count). The second-order valence-corrected chi connectivity index (χ2v) is 4.28. The van der Waals surface area contributed by atoms with Gasteiger partial charge >= 0.3 is 0 Å². The van der Waals surface area contributed by atoms with Crippen LogP contribution in [-0.2, 0) is 0 Å². The molecular formula is C12H25. The standard InChI is InChI=1S/C12H25/c1-5-6-9-12(4)10-7-8-11(2)3/h11-12H,2,5-10H2,1,3-4H3. The van der Waals surface area contributed by atoms with Crippen LogP contribution in [0, 0.1) is 18.8 Å². The van der Waals surface area contributed by atoms with Crippen molar-refractivity contribution in [2.75, 3.05) is 0 Å². The van der Waals surface area contributed by atoms with Crippen LogP contribution in [0.15, 0.2) is 0 Å². The lowest BCUT2D eigenvalue weighted by atomic mass is 9.96. The van der Waals surface area contributed by atoms with E-state index in [9.17, 15) is 0 Å². The van der Waals surface area contributed by atoms with Gasteiger partial charge in [0, 0.05) is 0 Å². The van der Waals surface area contributed by atoms with Gasteiger partial charge in [-0.3, -0.25) is 0 Å². The summed E-state index contributed by atoms with van der Waals surface area (Å²) in [7, 11) is 0. The zero-order chi connectivity index (χ0) is 9.40. The molecular weight excluding hydrogens is 144 g/mol. The first-order valence-corrected chi connectivity index (χ1v) is 5.49. The number of unbranched alkanes of at least 4 members (excludes halogenated alkanes) is 1. The van der Waals surface area contributed by atoms with Crippen molar-refractivity contribution in [1.82, 2.24) is 0 Å². The van der Waals surface area contributed by atoms with Gasteiger partial charge in [-0.1, -0.05) is 66.2 Å². The highest BCUT2D eigenvalue weighted by molar-refractivity contribution is 4.58. The van der Waals surface area contributed by atoms with Gasteiger partial charge in [0.2, 0.25) is 0 Å². The van der Waals surface area contributed by atoms with Gasteiger partial charge in [-0.05, 0) is 11.8 Å². The first-order chi connectivity index (χ1) is 5.66. The lowest BCUT2D eigenvalue weighted by molar-refractivity contribution is 0.434. The summed E-state index contributed by atoms with van der Waals surface area (Å²) in [5.74, 6) is 1.58. The van der Waals surface area contributed by atoms with Crippen LogP contribution in [0.3, 0.4) is 0 Å². The SMILES string of the molecule is [CH2]C(C)CCCC(C)CCCC. The van der Waals surface area contributed by atoms with E-state index in [1.807, 2.05) is 0 Å². The minimum atomic E-state index is 0.642. The first kappa shape index (κ1) is 12.0. The van der Waals surface area contributed by atoms with E-state index in [4.69, 9.17) is 0 Å². The third kappa shape index (κ3) is 8.10. The molecule has 0 saturated heterocycles. The fraction of sp³-hybridized carbons (Fsp3) is 0.917. The molecule has 0 aromatic heterocycles. The Labute approximate surface area is 78.8 Å². The molecule has 12 heavy (non-hydrogen) atoms. The normalized spacial score (nSPS) is 13.8. The van der Waals surface area contributed by atoms with E-state index in [-0.39, 0.29) is 0 Å². The third-order valence-electron chi connectivity index (χ3n) is 2.44. The van der Waals surface area contributed by atoms with Crippen LogP contribution in [0.5, 0.6) is 0 Å². The lowest BCUT2D eigenvalue weighted by Gasteiger charge is -2.11. The summed E-state index contributed by atoms with van der Waals surface area (Å²) in [6.07, 6.45) is 8.24. The Morgan fingerprint density at radius 1 is 1.00 bits per heavy atom. The van der Waals surface area contributed by atoms with E-state index >= 15 is 0 Å². The van der Waals surface area contributed by atoms with Crippen LogP contribution in [0.2, 0.25) is 0 Å². The fourth-order valence-corrected chi connectivity index (χ4v) is 1.51. The maximum absolute atomic E-state index is 4.00. The van der Waals surface area contributed by atoms with Crippen molar-refractivity contribution in [2.45, 2.75) is 59.3 Å². The number of hydrogen-bond acceptors (Lipinski definition) is 0. The highest BCUT2D eigenvalue weighted by atomic mass is 14.1. The molecule has 0 aliphatic carbocycles. The smallest absolute Gasteiger partial charge is 0.0443 e. The maximum Gasteiger partial charge on any atom is -0.0443 e. The van der Waals surface area contributed by atoms with Crippen molar-refractivity contribution < 1.29 is 0 Å². The van der Waals surface area contributed by atoms with Crippen molar-refractivity contribution in [3.63, 3.8) is 0 Å². The molecule has 0 N–H and O–H groups in total. The zero-order valence-electron chi connectivity index (χ0n) is 9.10. The second kappa shape index (κ2) is 7.64. The van der Waals surface area contributed by atoms with E-state index in [0.717, 1.165) is 5.92 Å². The van der Waals surface area contributed by atoms with Gasteiger partial charge < -0.3 is 0 Å². The number of rotatable bonds is 7. The Balaban J connectivity index is 3.13. The molecule has 0 aromatic carbocycles. The molecule has 0 spiro atoms. The van der Waals surface area contributed by atoms with Gasteiger partial charge in [0.1, 0.15) is 0 Å². The Morgan fingerprint density at radius 2 is 1.58 bits per heavy atom. The van der Waals surface area contributed by atoms with Gasteiger partial charge in [-0.2, -0.15) is 0 Å². The van der Waals surface area contributed by atoms with Gasteiger partial charge in [-0.15, -0.1) is 0 Å². The monoisotopic (exact) mass is 169 g/mol. The van der Waals surface area contributed by atoms with E-state index in [1.165, 1.54) is 38.5 Å². The Bertz CT molecular complexity index is 84.0. The molecule has 1 radical (unpaired) electrons. The van der Waals surface area contributed by atoms with Crippen LogP contribution < -0.4 is 0 Å². The lowest BCUT2D eigenvalue weighted by Crippen LogP contribution is -1.96. The molecule has 0 heteroatoms. The summed E-state index contributed by atoms with van der Waals surface area (Å²) in [5, 5.41) is 0. The molecule has 0 amide bonds. The summed E-state index contributed by atoms with van der Waals surface area (Å²) in [4.78, 5) is 0. The molecule has 0 aromatic rings. The first-order valence-electron chi connectivity index (χ1n) is 5.49. The highest BCUT2D eigenvalue weighted by Crippen LogP contribution is 2.16. The Morgan fingerprint density at radius 3 is 2.08 bits per heavy atom. The van der Waals surface area contributed by atoms with Crippen LogP contribution >= 0.6 is 0 Å². The molecule has 0 saturated carbocycles. The fourth-order valence-electron chi connectivity index (χ4n) is 1.51. The summed E-state index contributed by atoms with van der Waals surface area (Å²) in [5.41, 5.74) is 0. The van der Waals surface area contributed by atoms with Gasteiger partial charge in [-0.25, -0.2) is 0 Å². The summed E-state index contributed by atoms with van der Waals surface area (Å²) in [6, 6.07) is 0. The predicted molar refractivity (Wildman–Crippen MR) is 57.1 cm³/mol. The Kier molecular flexibility index (Phi) is 7.64.